The van der Waals surface area contributed by atoms with Gasteiger partial charge in [0.2, 0.25) is 5.91 Å². The molecule has 7 nitrogen and oxygen atoms in total. The summed E-state index contributed by atoms with van der Waals surface area (Å²) in [6.07, 6.45) is -4.87. The van der Waals surface area contributed by atoms with Crippen LogP contribution in [0, 0.1) is 17.8 Å². The first-order chi connectivity index (χ1) is 11.9. The fourth-order valence-electron chi connectivity index (χ4n) is 2.20. The molecule has 0 aliphatic carbocycles. The minimum absolute atomic E-state index is 0.349. The predicted octanol–water partition coefficient (Wildman–Crippen LogP) is 1.27. The lowest BCUT2D eigenvalue weighted by Gasteiger charge is -2.27. The van der Waals surface area contributed by atoms with Crippen molar-refractivity contribution in [2.45, 2.75) is 46.0 Å². The summed E-state index contributed by atoms with van der Waals surface area (Å²) in [5, 5.41) is 4.51. The van der Waals surface area contributed by atoms with Gasteiger partial charge in [0.05, 0.1) is 14.2 Å². The van der Waals surface area contributed by atoms with E-state index in [1.165, 1.54) is 0 Å². The number of carbonyl (C=O) groups excluding carboxylic acids is 3. The van der Waals surface area contributed by atoms with E-state index in [2.05, 4.69) is 20.1 Å². The van der Waals surface area contributed by atoms with Crippen LogP contribution in [0.5, 0.6) is 0 Å². The molecule has 0 spiro atoms. The molecule has 0 aromatic carbocycles. The van der Waals surface area contributed by atoms with Crippen LogP contribution in [-0.4, -0.2) is 56.9 Å². The molecular formula is C16H27F3N2O5. The molecule has 0 rings (SSSR count). The average molecular weight is 384 g/mol. The van der Waals surface area contributed by atoms with Crippen LogP contribution in [0.1, 0.15) is 27.7 Å². The lowest BCUT2D eigenvalue weighted by atomic mass is 10.0. The second-order valence-corrected chi connectivity index (χ2v) is 6.50. The van der Waals surface area contributed by atoms with E-state index in [4.69, 9.17) is 0 Å². The van der Waals surface area contributed by atoms with E-state index >= 15 is 0 Å². The molecule has 0 saturated heterocycles. The predicted molar refractivity (Wildman–Crippen MR) is 87.0 cm³/mol. The zero-order chi connectivity index (χ0) is 20.7. The van der Waals surface area contributed by atoms with E-state index in [1.54, 1.807) is 27.7 Å². The Balaban J connectivity index is 5.29. The van der Waals surface area contributed by atoms with Crippen molar-refractivity contribution in [3.8, 4) is 0 Å². The van der Waals surface area contributed by atoms with E-state index in [-0.39, 0.29) is 5.92 Å². The second-order valence-electron chi connectivity index (χ2n) is 6.50. The van der Waals surface area contributed by atoms with Crippen molar-refractivity contribution in [3.63, 3.8) is 0 Å². The maximum absolute atomic E-state index is 13.3. The number of hydrogen-bond acceptors (Lipinski definition) is 6. The molecule has 0 aromatic rings. The average Bonchev–Trinajstić information content (AvgIpc) is 2.53. The summed E-state index contributed by atoms with van der Waals surface area (Å²) in [6, 6.07) is -2.21. The van der Waals surface area contributed by atoms with Crippen LogP contribution in [0.2, 0.25) is 0 Å². The summed E-state index contributed by atoms with van der Waals surface area (Å²) < 4.78 is 49.0. The summed E-state index contributed by atoms with van der Waals surface area (Å²) in [5.41, 5.74) is 0. The van der Waals surface area contributed by atoms with Gasteiger partial charge in [-0.15, -0.1) is 0 Å². The number of amides is 1. The quantitative estimate of drug-likeness (QED) is 0.582. The molecule has 26 heavy (non-hydrogen) atoms. The third kappa shape index (κ3) is 7.19. The molecule has 0 aromatic heterocycles. The van der Waals surface area contributed by atoms with Gasteiger partial charge in [-0.2, -0.15) is 13.2 Å². The Kier molecular flexibility index (Phi) is 9.61. The summed E-state index contributed by atoms with van der Waals surface area (Å²) in [6.45, 7) is 5.55. The Hall–Kier alpha value is -1.84. The van der Waals surface area contributed by atoms with Crippen molar-refractivity contribution in [2.24, 2.45) is 17.8 Å². The number of methoxy groups -OCH3 is 2. The summed E-state index contributed by atoms with van der Waals surface area (Å²) in [7, 11) is 2.20. The van der Waals surface area contributed by atoms with Gasteiger partial charge in [0.15, 0.2) is 0 Å². The third-order valence-corrected chi connectivity index (χ3v) is 3.79. The summed E-state index contributed by atoms with van der Waals surface area (Å²) in [4.78, 5) is 35.5. The number of esters is 2. The SMILES string of the molecule is COC(=O)[C@@H](NC[C@@H](C(=O)N[C@H](C(=O)OC)C(C)C)C(F)(F)F)C(C)C. The maximum atomic E-state index is 13.3. The van der Waals surface area contributed by atoms with E-state index in [0.717, 1.165) is 14.2 Å². The largest absolute Gasteiger partial charge is 0.468 e. The second kappa shape index (κ2) is 10.3. The van der Waals surface area contributed by atoms with Gasteiger partial charge in [0.25, 0.3) is 0 Å². The topological polar surface area (TPSA) is 93.7 Å². The van der Waals surface area contributed by atoms with Gasteiger partial charge in [-0.05, 0) is 11.8 Å². The first-order valence-corrected chi connectivity index (χ1v) is 8.12. The minimum atomic E-state index is -4.87. The van der Waals surface area contributed by atoms with Crippen LogP contribution in [0.4, 0.5) is 13.2 Å². The van der Waals surface area contributed by atoms with Crippen LogP contribution < -0.4 is 10.6 Å². The molecule has 0 aliphatic heterocycles. The fourth-order valence-corrected chi connectivity index (χ4v) is 2.20. The highest BCUT2D eigenvalue weighted by Gasteiger charge is 2.46. The van der Waals surface area contributed by atoms with Crippen molar-refractivity contribution in [1.82, 2.24) is 10.6 Å². The van der Waals surface area contributed by atoms with Crippen LogP contribution >= 0.6 is 0 Å². The van der Waals surface area contributed by atoms with Crippen LogP contribution in [-0.2, 0) is 23.9 Å². The highest BCUT2D eigenvalue weighted by Crippen LogP contribution is 2.26. The highest BCUT2D eigenvalue weighted by molar-refractivity contribution is 5.86. The van der Waals surface area contributed by atoms with Gasteiger partial charge in [-0.3, -0.25) is 9.59 Å². The number of hydrogen-bond donors (Lipinski definition) is 2. The Morgan fingerprint density at radius 3 is 1.65 bits per heavy atom. The zero-order valence-electron chi connectivity index (χ0n) is 15.8. The van der Waals surface area contributed by atoms with Crippen molar-refractivity contribution in [2.75, 3.05) is 20.8 Å². The van der Waals surface area contributed by atoms with Gasteiger partial charge in [0, 0.05) is 6.54 Å². The van der Waals surface area contributed by atoms with E-state index in [1.807, 2.05) is 0 Å². The molecule has 2 N–H and O–H groups in total. The van der Waals surface area contributed by atoms with Gasteiger partial charge in [0.1, 0.15) is 18.0 Å². The number of alkyl halides is 3. The number of rotatable bonds is 9. The molecule has 1 amide bonds. The lowest BCUT2D eigenvalue weighted by Crippen LogP contribution is -2.54. The number of nitrogens with one attached hydrogen (secondary N) is 2. The normalized spacial score (nSPS) is 15.3. The fraction of sp³-hybridized carbons (Fsp3) is 0.812. The molecule has 0 fully saturated rings. The van der Waals surface area contributed by atoms with E-state index in [9.17, 15) is 27.6 Å². The molecule has 0 aliphatic rings. The standard InChI is InChI=1S/C16H27F3N2O5/c1-8(2)11(14(23)25-5)20-7-10(16(17,18)19)13(22)21-12(9(3)4)15(24)26-6/h8-12,20H,7H2,1-6H3,(H,21,22)/t10-,11-,12-/m0/s1. The van der Waals surface area contributed by atoms with E-state index < -0.39 is 54.5 Å². The van der Waals surface area contributed by atoms with Crippen LogP contribution in [0.15, 0.2) is 0 Å². The van der Waals surface area contributed by atoms with Gasteiger partial charge < -0.3 is 20.1 Å². The molecule has 0 heterocycles. The van der Waals surface area contributed by atoms with Gasteiger partial charge in [-0.25, -0.2) is 4.79 Å². The molecule has 0 bridgehead atoms. The molecule has 0 radical (unpaired) electrons. The number of ether oxygens (including phenoxy) is 2. The lowest BCUT2D eigenvalue weighted by molar-refractivity contribution is -0.184. The van der Waals surface area contributed by atoms with Crippen molar-refractivity contribution < 1.29 is 37.0 Å². The molecule has 152 valence electrons. The first-order valence-electron chi connectivity index (χ1n) is 8.12. The van der Waals surface area contributed by atoms with Crippen molar-refractivity contribution in [3.05, 3.63) is 0 Å². The Labute approximate surface area is 151 Å². The smallest absolute Gasteiger partial charge is 0.401 e. The van der Waals surface area contributed by atoms with Crippen molar-refractivity contribution >= 4 is 17.8 Å². The van der Waals surface area contributed by atoms with Crippen molar-refractivity contribution in [1.29, 1.82) is 0 Å². The molecule has 0 saturated carbocycles. The highest BCUT2D eigenvalue weighted by atomic mass is 19.4. The zero-order valence-corrected chi connectivity index (χ0v) is 15.8. The molecule has 3 atom stereocenters. The minimum Gasteiger partial charge on any atom is -0.468 e. The Morgan fingerprint density at radius 2 is 1.31 bits per heavy atom. The molecule has 10 heteroatoms. The van der Waals surface area contributed by atoms with Gasteiger partial charge >= 0.3 is 18.1 Å². The number of halogens is 3. The molecular weight excluding hydrogens is 357 g/mol. The Bertz CT molecular complexity index is 495. The molecule has 0 unspecified atom stereocenters. The van der Waals surface area contributed by atoms with Crippen LogP contribution in [0.3, 0.4) is 0 Å². The number of carbonyl (C=O) groups is 3. The third-order valence-electron chi connectivity index (χ3n) is 3.79. The first kappa shape index (κ1) is 24.2. The Morgan fingerprint density at radius 1 is 0.885 bits per heavy atom. The van der Waals surface area contributed by atoms with Crippen LogP contribution in [0.25, 0.3) is 0 Å². The monoisotopic (exact) mass is 384 g/mol. The maximum Gasteiger partial charge on any atom is 0.401 e. The summed E-state index contributed by atoms with van der Waals surface area (Å²) in [5.74, 6) is -6.20. The summed E-state index contributed by atoms with van der Waals surface area (Å²) >= 11 is 0. The van der Waals surface area contributed by atoms with Gasteiger partial charge in [-0.1, -0.05) is 27.7 Å². The van der Waals surface area contributed by atoms with E-state index in [0.29, 0.717) is 0 Å².